The fourth-order valence-electron chi connectivity index (χ4n) is 1.61. The van der Waals surface area contributed by atoms with Gasteiger partial charge in [-0.2, -0.15) is 0 Å². The van der Waals surface area contributed by atoms with Crippen LogP contribution in [0.4, 0.5) is 0 Å². The lowest BCUT2D eigenvalue weighted by molar-refractivity contribution is 0.262. The van der Waals surface area contributed by atoms with E-state index in [1.165, 1.54) is 5.56 Å². The third-order valence-electron chi connectivity index (χ3n) is 2.88. The fraction of sp³-hybridized carbons (Fsp3) is 0.467. The van der Waals surface area contributed by atoms with E-state index in [1.54, 1.807) is 5.41 Å². The van der Waals surface area contributed by atoms with E-state index in [-0.39, 0.29) is 12.0 Å². The smallest absolute Gasteiger partial charge is 0.0772 e. The molecule has 0 heterocycles. The molecule has 1 atom stereocenters. The minimum atomic E-state index is -1.09. The van der Waals surface area contributed by atoms with Gasteiger partial charge in [0.1, 0.15) is 0 Å². The van der Waals surface area contributed by atoms with Crippen LogP contribution in [0.1, 0.15) is 32.3 Å². The zero-order chi connectivity index (χ0) is 13.6. The van der Waals surface area contributed by atoms with Crippen molar-refractivity contribution >= 4 is 10.8 Å². The molecule has 0 unspecified atom stereocenters. The summed E-state index contributed by atoms with van der Waals surface area (Å²) in [5.41, 5.74) is 1.14. The number of aliphatic hydroxyl groups is 1. The molecule has 0 aliphatic heterocycles. The molecule has 0 bridgehead atoms. The molecule has 1 aromatic rings. The number of benzene rings is 1. The molecule has 3 heteroatoms. The van der Waals surface area contributed by atoms with Crippen LogP contribution < -0.4 is 0 Å². The van der Waals surface area contributed by atoms with Gasteiger partial charge in [0.25, 0.3) is 0 Å². The third-order valence-corrected chi connectivity index (χ3v) is 4.00. The number of aryl methyl sites for hydroxylation is 1. The van der Waals surface area contributed by atoms with Gasteiger partial charge in [-0.05, 0) is 37.3 Å². The molecule has 0 radical (unpaired) electrons. The molecular weight excluding hydrogens is 244 g/mol. The summed E-state index contributed by atoms with van der Waals surface area (Å²) in [7, 11) is -1.09. The quantitative estimate of drug-likeness (QED) is 0.856. The summed E-state index contributed by atoms with van der Waals surface area (Å²) in [5, 5.41) is 10.6. The normalized spacial score (nSPS) is 14.0. The fourth-order valence-corrected chi connectivity index (χ4v) is 2.67. The van der Waals surface area contributed by atoms with Crippen molar-refractivity contribution in [2.24, 2.45) is 5.41 Å². The highest BCUT2D eigenvalue weighted by Gasteiger charge is 2.13. The van der Waals surface area contributed by atoms with Gasteiger partial charge in [-0.3, -0.25) is 0 Å². The maximum absolute atomic E-state index is 12.1. The van der Waals surface area contributed by atoms with Gasteiger partial charge in [0.05, 0.1) is 10.8 Å². The predicted octanol–water partition coefficient (Wildman–Crippen LogP) is 3.42. The first-order valence-corrected chi connectivity index (χ1v) is 7.43. The largest absolute Gasteiger partial charge is 0.396 e. The Morgan fingerprint density at radius 2 is 1.89 bits per heavy atom. The lowest BCUT2D eigenvalue weighted by atomic mass is 9.88. The summed E-state index contributed by atoms with van der Waals surface area (Å²) in [5.74, 6) is 0. The first-order chi connectivity index (χ1) is 8.44. The molecular formula is C15H22O2S. The van der Waals surface area contributed by atoms with Crippen molar-refractivity contribution in [1.29, 1.82) is 0 Å². The number of rotatable bonds is 6. The van der Waals surface area contributed by atoms with Crippen LogP contribution in [-0.2, 0) is 10.8 Å². The molecule has 2 nitrogen and oxygen atoms in total. The lowest BCUT2D eigenvalue weighted by Gasteiger charge is -2.19. The van der Waals surface area contributed by atoms with Crippen LogP contribution in [0.5, 0.6) is 0 Å². The van der Waals surface area contributed by atoms with E-state index in [9.17, 15) is 4.21 Å². The number of hydrogen-bond acceptors (Lipinski definition) is 2. The van der Waals surface area contributed by atoms with E-state index in [1.807, 2.05) is 37.3 Å². The van der Waals surface area contributed by atoms with Gasteiger partial charge in [-0.15, -0.1) is 0 Å². The average Bonchev–Trinajstić information content (AvgIpc) is 2.35. The Labute approximate surface area is 112 Å². The van der Waals surface area contributed by atoms with Gasteiger partial charge in [0.15, 0.2) is 0 Å². The minimum Gasteiger partial charge on any atom is -0.396 e. The van der Waals surface area contributed by atoms with Gasteiger partial charge in [0.2, 0.25) is 0 Å². The molecule has 0 fully saturated rings. The summed E-state index contributed by atoms with van der Waals surface area (Å²) in [6.45, 7) is 6.40. The zero-order valence-corrected chi connectivity index (χ0v) is 12.2. The first kappa shape index (κ1) is 15.1. The number of hydrogen-bond donors (Lipinski definition) is 1. The van der Waals surface area contributed by atoms with E-state index in [0.29, 0.717) is 0 Å². The summed E-state index contributed by atoms with van der Waals surface area (Å²) in [6, 6.07) is 7.74. The first-order valence-electron chi connectivity index (χ1n) is 6.22. The van der Waals surface area contributed by atoms with E-state index in [0.717, 1.165) is 17.7 Å². The second-order valence-electron chi connectivity index (χ2n) is 5.23. The van der Waals surface area contributed by atoms with E-state index in [2.05, 4.69) is 13.8 Å². The molecule has 0 aromatic heterocycles. The Hall–Kier alpha value is -0.930. The van der Waals surface area contributed by atoms with Crippen LogP contribution in [0.3, 0.4) is 0 Å². The van der Waals surface area contributed by atoms with Gasteiger partial charge in [-0.1, -0.05) is 37.6 Å². The topological polar surface area (TPSA) is 37.3 Å². The van der Waals surface area contributed by atoms with E-state index < -0.39 is 10.8 Å². The second kappa shape index (κ2) is 6.86. The Balaban J connectivity index is 2.66. The summed E-state index contributed by atoms with van der Waals surface area (Å²) in [4.78, 5) is 0.829. The molecule has 0 aliphatic rings. The highest BCUT2D eigenvalue weighted by molar-refractivity contribution is 7.88. The molecule has 0 amide bonds. The molecule has 1 N–H and O–H groups in total. The van der Waals surface area contributed by atoms with Crippen LogP contribution in [0.25, 0.3) is 0 Å². The Morgan fingerprint density at radius 1 is 1.28 bits per heavy atom. The maximum Gasteiger partial charge on any atom is 0.0772 e. The minimum absolute atomic E-state index is 0.0247. The predicted molar refractivity (Wildman–Crippen MR) is 76.8 cm³/mol. The third kappa shape index (κ3) is 5.15. The zero-order valence-electron chi connectivity index (χ0n) is 11.3. The van der Waals surface area contributed by atoms with Crippen molar-refractivity contribution in [1.82, 2.24) is 0 Å². The lowest BCUT2D eigenvalue weighted by Crippen LogP contribution is -2.08. The van der Waals surface area contributed by atoms with Crippen LogP contribution in [-0.4, -0.2) is 15.9 Å². The van der Waals surface area contributed by atoms with Crippen molar-refractivity contribution in [3.8, 4) is 0 Å². The summed E-state index contributed by atoms with van der Waals surface area (Å²) < 4.78 is 12.1. The van der Waals surface area contributed by atoms with Gasteiger partial charge < -0.3 is 5.11 Å². The Bertz CT molecular complexity index is 419. The van der Waals surface area contributed by atoms with Crippen LogP contribution in [0.15, 0.2) is 40.6 Å². The van der Waals surface area contributed by atoms with Crippen molar-refractivity contribution in [3.63, 3.8) is 0 Å². The molecule has 0 aliphatic carbocycles. The molecule has 100 valence electrons. The highest BCUT2D eigenvalue weighted by atomic mass is 32.2. The van der Waals surface area contributed by atoms with Crippen LogP contribution in [0.2, 0.25) is 0 Å². The van der Waals surface area contributed by atoms with Crippen LogP contribution >= 0.6 is 0 Å². The highest BCUT2D eigenvalue weighted by Crippen LogP contribution is 2.24. The Morgan fingerprint density at radius 3 is 2.44 bits per heavy atom. The number of aliphatic hydroxyl groups excluding tert-OH is 1. The van der Waals surface area contributed by atoms with Crippen molar-refractivity contribution in [3.05, 3.63) is 41.3 Å². The van der Waals surface area contributed by atoms with Gasteiger partial charge in [0, 0.05) is 16.9 Å². The second-order valence-corrected chi connectivity index (χ2v) is 6.57. The van der Waals surface area contributed by atoms with Gasteiger partial charge >= 0.3 is 0 Å². The Kier molecular flexibility index (Phi) is 5.76. The summed E-state index contributed by atoms with van der Waals surface area (Å²) >= 11 is 0. The molecule has 0 saturated carbocycles. The maximum atomic E-state index is 12.1. The number of allylic oxidation sites excluding steroid dienone is 1. The molecule has 1 rings (SSSR count). The van der Waals surface area contributed by atoms with Crippen molar-refractivity contribution in [2.45, 2.75) is 38.5 Å². The van der Waals surface area contributed by atoms with E-state index >= 15 is 0 Å². The molecule has 0 spiro atoms. The molecule has 18 heavy (non-hydrogen) atoms. The molecule has 0 saturated heterocycles. The van der Waals surface area contributed by atoms with E-state index in [4.69, 9.17) is 5.11 Å². The molecule has 1 aromatic carbocycles. The summed E-state index contributed by atoms with van der Waals surface area (Å²) in [6.07, 6.45) is 3.65. The average molecular weight is 266 g/mol. The van der Waals surface area contributed by atoms with Gasteiger partial charge in [-0.25, -0.2) is 4.21 Å². The SMILES string of the molecule is Cc1ccc([S@](=O)/C=C/C(C)(C)CCCO)cc1. The van der Waals surface area contributed by atoms with Crippen LogP contribution in [0, 0.1) is 12.3 Å². The standard InChI is InChI=1S/C15H22O2S/c1-13-5-7-14(8-6-13)18(17)12-10-15(2,3)9-4-11-16/h5-8,10,12,16H,4,9,11H2,1-3H3/b12-10+/t18-/m1/s1. The van der Waals surface area contributed by atoms with Crippen molar-refractivity contribution < 1.29 is 9.32 Å². The monoisotopic (exact) mass is 266 g/mol. The van der Waals surface area contributed by atoms with Crippen molar-refractivity contribution in [2.75, 3.05) is 6.61 Å².